The van der Waals surface area contributed by atoms with Gasteiger partial charge in [0, 0.05) is 29.9 Å². The summed E-state index contributed by atoms with van der Waals surface area (Å²) in [7, 11) is 3.45. The average Bonchev–Trinajstić information content (AvgIpc) is 2.80. The van der Waals surface area contributed by atoms with Crippen LogP contribution in [0.15, 0.2) is 61.2 Å². The van der Waals surface area contributed by atoms with Crippen LogP contribution in [0.5, 0.6) is 11.5 Å². The maximum Gasteiger partial charge on any atom is 0.137 e. The normalized spacial score (nSPS) is 25.3. The smallest absolute Gasteiger partial charge is 0.137 e. The molecule has 0 spiro atoms. The van der Waals surface area contributed by atoms with E-state index in [1.54, 1.807) is 24.0 Å². The molecule has 2 bridgehead atoms. The Hall–Kier alpha value is -2.30. The highest BCUT2D eigenvalue weighted by atomic mass is 16.5. The fourth-order valence-corrected chi connectivity index (χ4v) is 5.47. The average molecular weight is 409 g/mol. The van der Waals surface area contributed by atoms with Crippen molar-refractivity contribution < 1.29 is 19.3 Å². The first kappa shape index (κ1) is 21.0. The molecule has 1 unspecified atom stereocenters. The Bertz CT molecular complexity index is 768. The van der Waals surface area contributed by atoms with Crippen LogP contribution in [0.2, 0.25) is 0 Å². The number of hydrogen-bond donors (Lipinski definition) is 2. The third-order valence-corrected chi connectivity index (χ3v) is 7.17. The number of methoxy groups -OCH3 is 2. The summed E-state index contributed by atoms with van der Waals surface area (Å²) in [4.78, 5) is 3.43. The van der Waals surface area contributed by atoms with Crippen LogP contribution >= 0.6 is 0 Å². The van der Waals surface area contributed by atoms with Crippen molar-refractivity contribution >= 4 is 0 Å². The molecule has 2 N–H and O–H groups in total. The Balaban J connectivity index is 1.48. The highest BCUT2D eigenvalue weighted by Gasteiger charge is 2.43. The van der Waals surface area contributed by atoms with E-state index in [1.165, 1.54) is 43.6 Å². The molecule has 3 saturated heterocycles. The molecule has 4 atom stereocenters. The maximum atomic E-state index is 5.34. The molecule has 2 aromatic carbocycles. The van der Waals surface area contributed by atoms with Crippen molar-refractivity contribution in [2.24, 2.45) is 11.8 Å². The summed E-state index contributed by atoms with van der Waals surface area (Å²) < 4.78 is 10.7. The Labute approximate surface area is 181 Å². The summed E-state index contributed by atoms with van der Waals surface area (Å²) in [6.45, 7) is 9.99. The number of hydrogen-bond acceptors (Lipinski definition) is 2. The van der Waals surface area contributed by atoms with Crippen molar-refractivity contribution in [3.63, 3.8) is 0 Å². The Morgan fingerprint density at radius 3 is 1.97 bits per heavy atom. The molecule has 5 rings (SSSR count). The van der Waals surface area contributed by atoms with Gasteiger partial charge in [-0.1, -0.05) is 6.08 Å². The molecule has 160 valence electrons. The van der Waals surface area contributed by atoms with Gasteiger partial charge >= 0.3 is 0 Å². The number of piperidine rings is 3. The largest absolute Gasteiger partial charge is 0.497 e. The summed E-state index contributed by atoms with van der Waals surface area (Å²) in [5.74, 6) is 3.40. The van der Waals surface area contributed by atoms with E-state index in [1.807, 2.05) is 0 Å². The van der Waals surface area contributed by atoms with Crippen molar-refractivity contribution in [2.75, 3.05) is 33.9 Å². The quantitative estimate of drug-likeness (QED) is 0.619. The van der Waals surface area contributed by atoms with Crippen LogP contribution < -0.4 is 19.3 Å². The van der Waals surface area contributed by atoms with Gasteiger partial charge in [-0.25, -0.2) is 0 Å². The van der Waals surface area contributed by atoms with Crippen molar-refractivity contribution in [3.8, 4) is 11.5 Å². The molecule has 3 aliphatic rings. The monoisotopic (exact) mass is 408 g/mol. The van der Waals surface area contributed by atoms with E-state index < -0.39 is 0 Å². The zero-order chi connectivity index (χ0) is 20.9. The van der Waals surface area contributed by atoms with Gasteiger partial charge in [0.25, 0.3) is 0 Å². The zero-order valence-electron chi connectivity index (χ0n) is 18.4. The van der Waals surface area contributed by atoms with Crippen LogP contribution in [0.3, 0.4) is 0 Å². The number of rotatable bonds is 9. The first-order valence-corrected chi connectivity index (χ1v) is 11.2. The highest BCUT2D eigenvalue weighted by molar-refractivity contribution is 5.27. The molecule has 4 nitrogen and oxygen atoms in total. The van der Waals surface area contributed by atoms with Crippen LogP contribution in [0.4, 0.5) is 0 Å². The lowest BCUT2D eigenvalue weighted by molar-refractivity contribution is -0.999. The minimum absolute atomic E-state index is 0.719. The van der Waals surface area contributed by atoms with Gasteiger partial charge < -0.3 is 19.3 Å². The van der Waals surface area contributed by atoms with Crippen LogP contribution in [-0.2, 0) is 13.1 Å². The van der Waals surface area contributed by atoms with Crippen molar-refractivity contribution in [1.29, 1.82) is 0 Å². The molecule has 3 heterocycles. The van der Waals surface area contributed by atoms with Crippen molar-refractivity contribution in [2.45, 2.75) is 32.0 Å². The first-order chi connectivity index (χ1) is 14.7. The van der Waals surface area contributed by atoms with Gasteiger partial charge in [0.05, 0.1) is 27.3 Å². The minimum atomic E-state index is 0.719. The summed E-state index contributed by atoms with van der Waals surface area (Å²) in [6.07, 6.45) is 4.93. The number of nitrogens with one attached hydrogen (secondary N) is 2. The van der Waals surface area contributed by atoms with Crippen LogP contribution in [-0.4, -0.2) is 39.9 Å². The summed E-state index contributed by atoms with van der Waals surface area (Å²) in [6, 6.07) is 17.9. The van der Waals surface area contributed by atoms with Crippen LogP contribution in [0.25, 0.3) is 0 Å². The first-order valence-electron chi connectivity index (χ1n) is 11.2. The molecule has 2 aromatic rings. The molecule has 0 aliphatic carbocycles. The third kappa shape index (κ3) is 4.88. The molecule has 4 heteroatoms. The Kier molecular flexibility index (Phi) is 6.76. The lowest BCUT2D eigenvalue weighted by atomic mass is 9.75. The summed E-state index contributed by atoms with van der Waals surface area (Å²) in [5, 5.41) is 0. The van der Waals surface area contributed by atoms with Gasteiger partial charge in [-0.3, -0.25) is 0 Å². The van der Waals surface area contributed by atoms with Gasteiger partial charge in [0.15, 0.2) is 0 Å². The topological polar surface area (TPSA) is 27.3 Å². The second-order valence-electron chi connectivity index (χ2n) is 9.00. The second kappa shape index (κ2) is 9.67. The molecule has 0 aromatic heterocycles. The molecule has 0 radical (unpaired) electrons. The molecular formula is C26H36N2O2+2. The van der Waals surface area contributed by atoms with Gasteiger partial charge in [-0.2, -0.15) is 0 Å². The van der Waals surface area contributed by atoms with E-state index in [0.717, 1.165) is 42.5 Å². The summed E-state index contributed by atoms with van der Waals surface area (Å²) >= 11 is 0. The minimum Gasteiger partial charge on any atom is -0.497 e. The number of fused-ring (bicyclic) bond motifs is 3. The predicted molar refractivity (Wildman–Crippen MR) is 120 cm³/mol. The van der Waals surface area contributed by atoms with Gasteiger partial charge in [-0.05, 0) is 54.4 Å². The molecule has 3 aliphatic heterocycles. The Morgan fingerprint density at radius 1 is 0.967 bits per heavy atom. The lowest BCUT2D eigenvalue weighted by Gasteiger charge is -2.46. The standard InChI is InChI=1S/C26H34N2O2/c1-4-22-18-28-14-13-23(22)15-24(28)19-27(16-20-5-9-25(29-2)10-6-20)17-21-7-11-26(30-3)12-8-21/h4-12,22-24H,1,13-19H2,2-3H3/p+2/t22-,23-,24+/m0/s1. The van der Waals surface area contributed by atoms with E-state index in [4.69, 9.17) is 9.47 Å². The van der Waals surface area contributed by atoms with Crippen molar-refractivity contribution in [3.05, 3.63) is 72.3 Å². The van der Waals surface area contributed by atoms with Gasteiger partial charge in [-0.15, -0.1) is 6.58 Å². The van der Waals surface area contributed by atoms with Gasteiger partial charge in [0.1, 0.15) is 37.2 Å². The van der Waals surface area contributed by atoms with E-state index in [2.05, 4.69) is 61.2 Å². The second-order valence-corrected chi connectivity index (χ2v) is 9.00. The highest BCUT2D eigenvalue weighted by Crippen LogP contribution is 2.27. The number of benzene rings is 2. The van der Waals surface area contributed by atoms with Crippen LogP contribution in [0, 0.1) is 11.8 Å². The molecule has 0 amide bonds. The Morgan fingerprint density at radius 2 is 1.53 bits per heavy atom. The molecular weight excluding hydrogens is 372 g/mol. The van der Waals surface area contributed by atoms with E-state index in [-0.39, 0.29) is 0 Å². The van der Waals surface area contributed by atoms with E-state index in [0.29, 0.717) is 0 Å². The van der Waals surface area contributed by atoms with Gasteiger partial charge in [0.2, 0.25) is 0 Å². The summed E-state index contributed by atoms with van der Waals surface area (Å²) in [5.41, 5.74) is 2.74. The van der Waals surface area contributed by atoms with Crippen molar-refractivity contribution in [1.82, 2.24) is 0 Å². The van der Waals surface area contributed by atoms with Crippen LogP contribution in [0.1, 0.15) is 24.0 Å². The van der Waals surface area contributed by atoms with E-state index >= 15 is 0 Å². The fraction of sp³-hybridized carbons (Fsp3) is 0.462. The fourth-order valence-electron chi connectivity index (χ4n) is 5.47. The third-order valence-electron chi connectivity index (χ3n) is 7.17. The SMILES string of the molecule is C=C[C@H]1C[NH+]2CC[C@H]1C[C@@H]2C[NH+](Cc1ccc(OC)cc1)Cc1ccc(OC)cc1. The van der Waals surface area contributed by atoms with E-state index in [9.17, 15) is 0 Å². The predicted octanol–water partition coefficient (Wildman–Crippen LogP) is 1.77. The molecule has 30 heavy (non-hydrogen) atoms. The number of quaternary nitrogens is 2. The molecule has 0 saturated carbocycles. The lowest BCUT2D eigenvalue weighted by Crippen LogP contribution is -3.25. The zero-order valence-corrected chi connectivity index (χ0v) is 18.4. The maximum absolute atomic E-state index is 5.34. The number of ether oxygens (including phenoxy) is 2. The molecule has 3 fully saturated rings.